The number of aliphatic carboxylic acids is 1. The molecule has 110 valence electrons. The SMILES string of the molecule is COc1ccccc1NC(C(=O)O)c1ccc(Cl)cc1Cl. The van der Waals surface area contributed by atoms with Gasteiger partial charge in [0.25, 0.3) is 0 Å². The van der Waals surface area contributed by atoms with E-state index in [4.69, 9.17) is 27.9 Å². The molecule has 2 rings (SSSR count). The van der Waals surface area contributed by atoms with Crippen molar-refractivity contribution in [3.63, 3.8) is 0 Å². The van der Waals surface area contributed by atoms with Crippen molar-refractivity contribution in [2.24, 2.45) is 0 Å². The monoisotopic (exact) mass is 325 g/mol. The standard InChI is InChI=1S/C15H13Cl2NO3/c1-21-13-5-3-2-4-12(13)18-14(15(19)20)10-7-6-9(16)8-11(10)17/h2-8,14,18H,1H3,(H,19,20). The Labute approximate surface area is 132 Å². The van der Waals surface area contributed by atoms with Gasteiger partial charge < -0.3 is 15.2 Å². The molecule has 2 aromatic carbocycles. The maximum Gasteiger partial charge on any atom is 0.330 e. The average Bonchev–Trinajstić information content (AvgIpc) is 2.45. The first-order valence-electron chi connectivity index (χ1n) is 6.10. The number of carboxylic acids is 1. The Morgan fingerprint density at radius 2 is 1.95 bits per heavy atom. The van der Waals surface area contributed by atoms with Gasteiger partial charge in [-0.05, 0) is 24.3 Å². The Bertz CT molecular complexity index is 661. The van der Waals surface area contributed by atoms with E-state index in [1.165, 1.54) is 13.2 Å². The number of halogens is 2. The molecular formula is C15H13Cl2NO3. The molecule has 0 bridgehead atoms. The van der Waals surface area contributed by atoms with Crippen LogP contribution in [-0.4, -0.2) is 18.2 Å². The fraction of sp³-hybridized carbons (Fsp3) is 0.133. The van der Waals surface area contributed by atoms with Crippen LogP contribution in [-0.2, 0) is 4.79 Å². The van der Waals surface area contributed by atoms with Gasteiger partial charge in [0.1, 0.15) is 5.75 Å². The molecule has 0 aliphatic rings. The molecule has 2 aromatic rings. The summed E-state index contributed by atoms with van der Waals surface area (Å²) in [6.45, 7) is 0. The molecule has 6 heteroatoms. The van der Waals surface area contributed by atoms with Gasteiger partial charge >= 0.3 is 5.97 Å². The van der Waals surface area contributed by atoms with Crippen molar-refractivity contribution >= 4 is 34.9 Å². The summed E-state index contributed by atoms with van der Waals surface area (Å²) in [5.74, 6) is -0.501. The minimum Gasteiger partial charge on any atom is -0.495 e. The lowest BCUT2D eigenvalue weighted by molar-refractivity contribution is -0.138. The number of ether oxygens (including phenoxy) is 1. The van der Waals surface area contributed by atoms with Gasteiger partial charge in [-0.2, -0.15) is 0 Å². The first-order valence-corrected chi connectivity index (χ1v) is 6.86. The van der Waals surface area contributed by atoms with Crippen molar-refractivity contribution in [3.05, 3.63) is 58.1 Å². The van der Waals surface area contributed by atoms with E-state index < -0.39 is 12.0 Å². The van der Waals surface area contributed by atoms with Gasteiger partial charge in [0.05, 0.1) is 12.8 Å². The maximum absolute atomic E-state index is 11.5. The highest BCUT2D eigenvalue weighted by atomic mass is 35.5. The normalized spacial score (nSPS) is 11.8. The predicted octanol–water partition coefficient (Wildman–Crippen LogP) is 4.24. The van der Waals surface area contributed by atoms with Crippen LogP contribution in [0.3, 0.4) is 0 Å². The zero-order valence-corrected chi connectivity index (χ0v) is 12.7. The lowest BCUT2D eigenvalue weighted by Crippen LogP contribution is -2.21. The molecule has 0 aromatic heterocycles. The quantitative estimate of drug-likeness (QED) is 0.863. The van der Waals surface area contributed by atoms with E-state index in [0.717, 1.165) is 0 Å². The minimum absolute atomic E-state index is 0.289. The number of para-hydroxylation sites is 2. The van der Waals surface area contributed by atoms with Crippen LogP contribution in [0.25, 0.3) is 0 Å². The highest BCUT2D eigenvalue weighted by Gasteiger charge is 2.23. The van der Waals surface area contributed by atoms with Crippen LogP contribution in [0, 0.1) is 0 Å². The molecule has 0 saturated heterocycles. The first kappa shape index (κ1) is 15.5. The van der Waals surface area contributed by atoms with Crippen LogP contribution in [0.1, 0.15) is 11.6 Å². The van der Waals surface area contributed by atoms with Gasteiger partial charge in [-0.15, -0.1) is 0 Å². The number of benzene rings is 2. The minimum atomic E-state index is -1.05. The largest absolute Gasteiger partial charge is 0.495 e. The van der Waals surface area contributed by atoms with Crippen molar-refractivity contribution in [2.75, 3.05) is 12.4 Å². The molecule has 1 atom stereocenters. The van der Waals surface area contributed by atoms with E-state index in [0.29, 0.717) is 22.0 Å². The van der Waals surface area contributed by atoms with Gasteiger partial charge in [0.15, 0.2) is 6.04 Å². The van der Waals surface area contributed by atoms with E-state index in [9.17, 15) is 9.90 Å². The second-order valence-electron chi connectivity index (χ2n) is 4.28. The summed E-state index contributed by atoms with van der Waals surface area (Å²) < 4.78 is 5.20. The molecule has 21 heavy (non-hydrogen) atoms. The topological polar surface area (TPSA) is 58.6 Å². The second-order valence-corrected chi connectivity index (χ2v) is 5.13. The van der Waals surface area contributed by atoms with E-state index >= 15 is 0 Å². The van der Waals surface area contributed by atoms with Gasteiger partial charge in [-0.25, -0.2) is 4.79 Å². The molecule has 0 aliphatic heterocycles. The summed E-state index contributed by atoms with van der Waals surface area (Å²) in [5, 5.41) is 13.1. The van der Waals surface area contributed by atoms with E-state index in [2.05, 4.69) is 5.32 Å². The molecule has 0 fully saturated rings. The van der Waals surface area contributed by atoms with E-state index in [1.54, 1.807) is 36.4 Å². The number of nitrogens with one attached hydrogen (secondary N) is 1. The summed E-state index contributed by atoms with van der Waals surface area (Å²) in [5.41, 5.74) is 0.998. The number of carbonyl (C=O) groups is 1. The van der Waals surface area contributed by atoms with Crippen LogP contribution in [0.15, 0.2) is 42.5 Å². The molecule has 2 N–H and O–H groups in total. The van der Waals surface area contributed by atoms with Crippen molar-refractivity contribution < 1.29 is 14.6 Å². The van der Waals surface area contributed by atoms with Crippen LogP contribution < -0.4 is 10.1 Å². The number of hydrogen-bond acceptors (Lipinski definition) is 3. The summed E-state index contributed by atoms with van der Waals surface area (Å²) in [6.07, 6.45) is 0. The molecule has 0 aliphatic carbocycles. The van der Waals surface area contributed by atoms with Crippen LogP contribution >= 0.6 is 23.2 Å². The smallest absolute Gasteiger partial charge is 0.330 e. The third-order valence-corrected chi connectivity index (χ3v) is 3.49. The first-order chi connectivity index (χ1) is 10.0. The van der Waals surface area contributed by atoms with Crippen molar-refractivity contribution in [3.8, 4) is 5.75 Å². The third kappa shape index (κ3) is 3.60. The van der Waals surface area contributed by atoms with Gasteiger partial charge in [-0.3, -0.25) is 0 Å². The molecular weight excluding hydrogens is 313 g/mol. The number of anilines is 1. The fourth-order valence-corrected chi connectivity index (χ4v) is 2.45. The molecule has 0 amide bonds. The molecule has 1 unspecified atom stereocenters. The number of hydrogen-bond donors (Lipinski definition) is 2. The average molecular weight is 326 g/mol. The zero-order valence-electron chi connectivity index (χ0n) is 11.1. The van der Waals surface area contributed by atoms with E-state index in [1.807, 2.05) is 0 Å². The summed E-state index contributed by atoms with van der Waals surface area (Å²) in [4.78, 5) is 11.5. The summed E-state index contributed by atoms with van der Waals surface area (Å²) in [6, 6.07) is 10.8. The summed E-state index contributed by atoms with van der Waals surface area (Å²) >= 11 is 11.9. The second kappa shape index (κ2) is 6.70. The Hall–Kier alpha value is -1.91. The highest BCUT2D eigenvalue weighted by Crippen LogP contribution is 2.32. The van der Waals surface area contributed by atoms with Crippen molar-refractivity contribution in [1.29, 1.82) is 0 Å². The van der Waals surface area contributed by atoms with Crippen molar-refractivity contribution in [2.45, 2.75) is 6.04 Å². The molecule has 0 radical (unpaired) electrons. The predicted molar refractivity (Wildman–Crippen MR) is 83.5 cm³/mol. The van der Waals surface area contributed by atoms with Crippen LogP contribution in [0.2, 0.25) is 10.0 Å². The van der Waals surface area contributed by atoms with Gasteiger partial charge in [0.2, 0.25) is 0 Å². The molecule has 0 heterocycles. The third-order valence-electron chi connectivity index (χ3n) is 2.93. The number of carboxylic acid groups (broad SMARTS) is 1. The van der Waals surface area contributed by atoms with Gasteiger partial charge in [-0.1, -0.05) is 41.4 Å². The number of rotatable bonds is 5. The summed E-state index contributed by atoms with van der Waals surface area (Å²) in [7, 11) is 1.52. The number of methoxy groups -OCH3 is 1. The highest BCUT2D eigenvalue weighted by molar-refractivity contribution is 6.35. The lowest BCUT2D eigenvalue weighted by Gasteiger charge is -2.19. The van der Waals surface area contributed by atoms with Crippen LogP contribution in [0.5, 0.6) is 5.75 Å². The molecule has 0 saturated carbocycles. The van der Waals surface area contributed by atoms with Crippen LogP contribution in [0.4, 0.5) is 5.69 Å². The Morgan fingerprint density at radius 1 is 1.24 bits per heavy atom. The van der Waals surface area contributed by atoms with E-state index in [-0.39, 0.29) is 5.02 Å². The van der Waals surface area contributed by atoms with Crippen molar-refractivity contribution in [1.82, 2.24) is 0 Å². The fourth-order valence-electron chi connectivity index (χ4n) is 1.93. The maximum atomic E-state index is 11.5. The lowest BCUT2D eigenvalue weighted by atomic mass is 10.1. The Morgan fingerprint density at radius 3 is 2.57 bits per heavy atom. The Balaban J connectivity index is 2.38. The molecule has 0 spiro atoms. The zero-order chi connectivity index (χ0) is 15.4. The van der Waals surface area contributed by atoms with Gasteiger partial charge in [0, 0.05) is 15.6 Å². The molecule has 4 nitrogen and oxygen atoms in total. The Kier molecular flexibility index (Phi) is 4.94.